The van der Waals surface area contributed by atoms with Crippen molar-refractivity contribution in [3.8, 4) is 5.69 Å². The van der Waals surface area contributed by atoms with E-state index in [-0.39, 0.29) is 17.4 Å². The van der Waals surface area contributed by atoms with Crippen LogP contribution in [-0.4, -0.2) is 25.9 Å². The van der Waals surface area contributed by atoms with Gasteiger partial charge in [-0.15, -0.1) is 10.2 Å². The van der Waals surface area contributed by atoms with Gasteiger partial charge in [0.2, 0.25) is 5.13 Å². The molecular weight excluding hydrogens is 281 g/mol. The molecular formula is C12H8FN5OS. The molecule has 0 saturated carbocycles. The lowest BCUT2D eigenvalue weighted by molar-refractivity contribution is 0.102. The largest absolute Gasteiger partial charge is 0.295 e. The number of benzene rings is 1. The van der Waals surface area contributed by atoms with Crippen LogP contribution < -0.4 is 5.32 Å². The minimum atomic E-state index is -0.373. The molecule has 8 heteroatoms. The third kappa shape index (κ3) is 2.54. The van der Waals surface area contributed by atoms with Crippen molar-refractivity contribution in [1.82, 2.24) is 20.0 Å². The molecule has 0 radical (unpaired) electrons. The molecule has 0 aliphatic rings. The molecule has 20 heavy (non-hydrogen) atoms. The lowest BCUT2D eigenvalue weighted by atomic mass is 10.3. The predicted molar refractivity (Wildman–Crippen MR) is 71.4 cm³/mol. The summed E-state index contributed by atoms with van der Waals surface area (Å²) < 4.78 is 14.3. The van der Waals surface area contributed by atoms with Crippen LogP contribution in [0.15, 0.2) is 42.0 Å². The van der Waals surface area contributed by atoms with Crippen molar-refractivity contribution in [3.05, 3.63) is 53.6 Å². The van der Waals surface area contributed by atoms with Gasteiger partial charge in [-0.3, -0.25) is 10.1 Å². The molecule has 2 heterocycles. The zero-order valence-electron chi connectivity index (χ0n) is 10.0. The number of rotatable bonds is 3. The Morgan fingerprint density at radius 3 is 2.75 bits per heavy atom. The van der Waals surface area contributed by atoms with Crippen molar-refractivity contribution in [2.75, 3.05) is 5.32 Å². The van der Waals surface area contributed by atoms with Gasteiger partial charge in [-0.2, -0.15) is 5.10 Å². The van der Waals surface area contributed by atoms with Gasteiger partial charge in [0.1, 0.15) is 11.3 Å². The molecule has 3 aromatic rings. The van der Waals surface area contributed by atoms with E-state index in [4.69, 9.17) is 0 Å². The number of nitrogens with zero attached hydrogens (tertiary/aromatic N) is 4. The highest BCUT2D eigenvalue weighted by Gasteiger charge is 2.11. The summed E-state index contributed by atoms with van der Waals surface area (Å²) in [5.41, 5.74) is 2.43. The Labute approximate surface area is 116 Å². The third-order valence-corrected chi connectivity index (χ3v) is 3.10. The number of carbonyl (C=O) groups is 1. The Morgan fingerprint density at radius 1 is 1.25 bits per heavy atom. The molecule has 1 aromatic carbocycles. The van der Waals surface area contributed by atoms with Gasteiger partial charge in [0.25, 0.3) is 5.91 Å². The van der Waals surface area contributed by atoms with Gasteiger partial charge in [-0.1, -0.05) is 11.3 Å². The van der Waals surface area contributed by atoms with Crippen LogP contribution in [-0.2, 0) is 0 Å². The molecule has 0 fully saturated rings. The summed E-state index contributed by atoms with van der Waals surface area (Å²) in [6.07, 6.45) is 1.63. The first-order valence-corrected chi connectivity index (χ1v) is 6.49. The van der Waals surface area contributed by atoms with Crippen LogP contribution in [0, 0.1) is 5.82 Å². The smallest absolute Gasteiger partial charge is 0.277 e. The molecule has 0 spiro atoms. The van der Waals surface area contributed by atoms with E-state index in [1.54, 1.807) is 24.4 Å². The molecule has 0 aliphatic carbocycles. The number of amides is 1. The van der Waals surface area contributed by atoms with Crippen molar-refractivity contribution in [2.45, 2.75) is 0 Å². The Morgan fingerprint density at radius 2 is 2.05 bits per heavy atom. The maximum atomic E-state index is 12.8. The fraction of sp³-hybridized carbons (Fsp3) is 0. The molecule has 6 nitrogen and oxygen atoms in total. The van der Waals surface area contributed by atoms with Gasteiger partial charge in [0.05, 0.1) is 5.69 Å². The van der Waals surface area contributed by atoms with E-state index in [1.807, 2.05) is 0 Å². The monoisotopic (exact) mass is 289 g/mol. The second-order valence-electron chi connectivity index (χ2n) is 3.82. The summed E-state index contributed by atoms with van der Waals surface area (Å²) in [5, 5.41) is 14.5. The quantitative estimate of drug-likeness (QED) is 0.801. The normalized spacial score (nSPS) is 10.4. The molecule has 0 unspecified atom stereocenters. The van der Waals surface area contributed by atoms with E-state index < -0.39 is 0 Å². The number of carbonyl (C=O) groups excluding carboxylic acids is 1. The standard InChI is InChI=1S/C12H8FN5OS/c13-8-1-3-9(4-2-8)18-6-5-10(17-18)11(19)15-12-16-14-7-20-12/h1-7H,(H,15,16,19). The summed E-state index contributed by atoms with van der Waals surface area (Å²) in [4.78, 5) is 11.9. The second-order valence-corrected chi connectivity index (χ2v) is 4.65. The highest BCUT2D eigenvalue weighted by atomic mass is 32.1. The maximum absolute atomic E-state index is 12.8. The van der Waals surface area contributed by atoms with E-state index in [9.17, 15) is 9.18 Å². The summed E-state index contributed by atoms with van der Waals surface area (Å²) in [6.45, 7) is 0. The molecule has 100 valence electrons. The minimum Gasteiger partial charge on any atom is -0.295 e. The topological polar surface area (TPSA) is 72.7 Å². The van der Waals surface area contributed by atoms with Crippen LogP contribution in [0.3, 0.4) is 0 Å². The van der Waals surface area contributed by atoms with Crippen molar-refractivity contribution in [3.63, 3.8) is 0 Å². The summed E-state index contributed by atoms with van der Waals surface area (Å²) in [6, 6.07) is 7.39. The Bertz CT molecular complexity index is 723. The molecule has 3 rings (SSSR count). The Hall–Kier alpha value is -2.61. The van der Waals surface area contributed by atoms with Crippen molar-refractivity contribution < 1.29 is 9.18 Å². The lowest BCUT2D eigenvalue weighted by Gasteiger charge is -2.00. The molecule has 0 atom stereocenters. The van der Waals surface area contributed by atoms with Crippen LogP contribution >= 0.6 is 11.3 Å². The van der Waals surface area contributed by atoms with E-state index >= 15 is 0 Å². The van der Waals surface area contributed by atoms with Crippen molar-refractivity contribution in [1.29, 1.82) is 0 Å². The summed E-state index contributed by atoms with van der Waals surface area (Å²) >= 11 is 1.22. The maximum Gasteiger partial charge on any atom is 0.277 e. The molecule has 1 amide bonds. The average Bonchev–Trinajstić information content (AvgIpc) is 3.10. The van der Waals surface area contributed by atoms with Crippen LogP contribution in [0.25, 0.3) is 5.69 Å². The van der Waals surface area contributed by atoms with Crippen molar-refractivity contribution >= 4 is 22.4 Å². The number of anilines is 1. The van der Waals surface area contributed by atoms with Gasteiger partial charge in [-0.05, 0) is 30.3 Å². The average molecular weight is 289 g/mol. The van der Waals surface area contributed by atoms with Crippen molar-refractivity contribution in [2.24, 2.45) is 0 Å². The van der Waals surface area contributed by atoms with Crippen LogP contribution in [0.5, 0.6) is 0 Å². The Balaban J connectivity index is 1.79. The number of halogens is 1. The number of hydrogen-bond acceptors (Lipinski definition) is 5. The van der Waals surface area contributed by atoms with E-state index in [0.717, 1.165) is 0 Å². The fourth-order valence-electron chi connectivity index (χ4n) is 1.57. The first-order valence-electron chi connectivity index (χ1n) is 5.61. The zero-order chi connectivity index (χ0) is 13.9. The second kappa shape index (κ2) is 5.17. The highest BCUT2D eigenvalue weighted by Crippen LogP contribution is 2.12. The predicted octanol–water partition coefficient (Wildman–Crippen LogP) is 2.12. The molecule has 0 bridgehead atoms. The fourth-order valence-corrected chi connectivity index (χ4v) is 2.01. The van der Waals surface area contributed by atoms with Gasteiger partial charge in [-0.25, -0.2) is 9.07 Å². The third-order valence-electron chi connectivity index (χ3n) is 2.49. The molecule has 0 saturated heterocycles. The number of nitrogens with one attached hydrogen (secondary N) is 1. The first kappa shape index (κ1) is 12.4. The lowest BCUT2D eigenvalue weighted by Crippen LogP contribution is -2.13. The Kier molecular flexibility index (Phi) is 3.21. The van der Waals surface area contributed by atoms with Gasteiger partial charge in [0, 0.05) is 6.20 Å². The zero-order valence-corrected chi connectivity index (χ0v) is 10.8. The van der Waals surface area contributed by atoms with E-state index in [1.165, 1.54) is 33.7 Å². The highest BCUT2D eigenvalue weighted by molar-refractivity contribution is 7.13. The summed E-state index contributed by atoms with van der Waals surface area (Å²) in [7, 11) is 0. The van der Waals surface area contributed by atoms with E-state index in [2.05, 4.69) is 20.6 Å². The van der Waals surface area contributed by atoms with Crippen LogP contribution in [0.1, 0.15) is 10.5 Å². The summed E-state index contributed by atoms with van der Waals surface area (Å²) in [5.74, 6) is -0.697. The van der Waals surface area contributed by atoms with Crippen LogP contribution in [0.4, 0.5) is 9.52 Å². The van der Waals surface area contributed by atoms with Crippen LogP contribution in [0.2, 0.25) is 0 Å². The minimum absolute atomic E-state index is 0.240. The van der Waals surface area contributed by atoms with E-state index in [0.29, 0.717) is 10.8 Å². The molecule has 0 aliphatic heterocycles. The first-order chi connectivity index (χ1) is 9.72. The molecule has 2 aromatic heterocycles. The number of aromatic nitrogens is 4. The number of hydrogen-bond donors (Lipinski definition) is 1. The van der Waals surface area contributed by atoms with Gasteiger partial charge < -0.3 is 0 Å². The van der Waals surface area contributed by atoms with Gasteiger partial charge >= 0.3 is 0 Å². The van der Waals surface area contributed by atoms with Gasteiger partial charge in [0.15, 0.2) is 5.69 Å². The SMILES string of the molecule is O=C(Nc1nncs1)c1ccn(-c2ccc(F)cc2)n1. The molecule has 1 N–H and O–H groups in total.